The summed E-state index contributed by atoms with van der Waals surface area (Å²) >= 11 is 6.11. The van der Waals surface area contributed by atoms with Gasteiger partial charge in [0.25, 0.3) is 0 Å². The summed E-state index contributed by atoms with van der Waals surface area (Å²) in [6, 6.07) is 21.1. The second kappa shape index (κ2) is 11.6. The van der Waals surface area contributed by atoms with Crippen molar-refractivity contribution >= 4 is 46.6 Å². The molecule has 0 saturated carbocycles. The molecule has 4 aromatic rings. The lowest BCUT2D eigenvalue weighted by Crippen LogP contribution is -2.31. The fraction of sp³-hybridized carbons (Fsp3) is 0.167. The number of benzene rings is 3. The lowest BCUT2D eigenvalue weighted by Gasteiger charge is -2.32. The number of halogens is 1. The van der Waals surface area contributed by atoms with Gasteiger partial charge in [-0.1, -0.05) is 48.0 Å². The highest BCUT2D eigenvalue weighted by molar-refractivity contribution is 6.31. The summed E-state index contributed by atoms with van der Waals surface area (Å²) in [5, 5.41) is 20.6. The SMILES string of the molecule is COC(CCc1cc(C(=O)O)ccc1C(=O)O)(OC)c1cccc(/C=C/c2ccc3ccc(Cl)cc3n2)c1. The Balaban J connectivity index is 1.60. The van der Waals surface area contributed by atoms with E-state index in [1.54, 1.807) is 0 Å². The average Bonchev–Trinajstić information content (AvgIpc) is 2.92. The maximum atomic E-state index is 11.7. The maximum absolute atomic E-state index is 11.7. The van der Waals surface area contributed by atoms with Gasteiger partial charge in [-0.3, -0.25) is 0 Å². The third-order valence-electron chi connectivity index (χ3n) is 6.41. The number of ether oxygens (including phenoxy) is 2. The van der Waals surface area contributed by atoms with Crippen LogP contribution in [-0.4, -0.2) is 41.4 Å². The number of nitrogens with zero attached hydrogens (tertiary/aromatic N) is 1. The second-order valence-electron chi connectivity index (χ2n) is 8.68. The molecular formula is C30H26ClNO6. The van der Waals surface area contributed by atoms with Crippen LogP contribution in [0.4, 0.5) is 0 Å². The zero-order chi connectivity index (χ0) is 27.3. The number of pyridine rings is 1. The number of aryl methyl sites for hydroxylation is 1. The monoisotopic (exact) mass is 531 g/mol. The van der Waals surface area contributed by atoms with Crippen molar-refractivity contribution in [3.05, 3.63) is 111 Å². The normalized spacial score (nSPS) is 11.8. The van der Waals surface area contributed by atoms with Crippen LogP contribution in [-0.2, 0) is 21.7 Å². The van der Waals surface area contributed by atoms with Crippen molar-refractivity contribution in [3.63, 3.8) is 0 Å². The molecule has 0 unspecified atom stereocenters. The molecule has 194 valence electrons. The Morgan fingerprint density at radius 3 is 2.39 bits per heavy atom. The fourth-order valence-corrected chi connectivity index (χ4v) is 4.54. The first-order chi connectivity index (χ1) is 18.2. The third kappa shape index (κ3) is 5.92. The zero-order valence-electron chi connectivity index (χ0n) is 20.8. The van der Waals surface area contributed by atoms with Crippen molar-refractivity contribution in [2.24, 2.45) is 0 Å². The van der Waals surface area contributed by atoms with E-state index in [0.717, 1.165) is 27.7 Å². The Hall–Kier alpha value is -4.04. The Bertz CT molecular complexity index is 1530. The van der Waals surface area contributed by atoms with E-state index in [2.05, 4.69) is 4.98 Å². The summed E-state index contributed by atoms with van der Waals surface area (Å²) in [7, 11) is 3.03. The van der Waals surface area contributed by atoms with Crippen molar-refractivity contribution in [3.8, 4) is 0 Å². The predicted molar refractivity (Wildman–Crippen MR) is 147 cm³/mol. The van der Waals surface area contributed by atoms with Gasteiger partial charge < -0.3 is 19.7 Å². The number of rotatable bonds is 10. The van der Waals surface area contributed by atoms with Gasteiger partial charge in [-0.25, -0.2) is 14.6 Å². The number of aromatic carboxylic acids is 2. The molecule has 0 aliphatic carbocycles. The number of methoxy groups -OCH3 is 2. The summed E-state index contributed by atoms with van der Waals surface area (Å²) in [5.74, 6) is -3.44. The summed E-state index contributed by atoms with van der Waals surface area (Å²) in [5.41, 5.74) is 3.63. The van der Waals surface area contributed by atoms with Gasteiger partial charge in [0.05, 0.1) is 22.3 Å². The van der Waals surface area contributed by atoms with Crippen molar-refractivity contribution < 1.29 is 29.3 Å². The summed E-state index contributed by atoms with van der Waals surface area (Å²) in [6.07, 6.45) is 4.30. The first kappa shape index (κ1) is 27.0. The van der Waals surface area contributed by atoms with Gasteiger partial charge in [0.1, 0.15) is 0 Å². The highest BCUT2D eigenvalue weighted by atomic mass is 35.5. The van der Waals surface area contributed by atoms with Gasteiger partial charge >= 0.3 is 11.9 Å². The minimum atomic E-state index is -1.18. The highest BCUT2D eigenvalue weighted by Gasteiger charge is 2.32. The molecule has 0 spiro atoms. The first-order valence-electron chi connectivity index (χ1n) is 11.8. The molecule has 0 aliphatic rings. The molecule has 7 nitrogen and oxygen atoms in total. The van der Waals surface area contributed by atoms with Gasteiger partial charge in [-0.15, -0.1) is 0 Å². The van der Waals surface area contributed by atoms with E-state index in [0.29, 0.717) is 10.6 Å². The predicted octanol–water partition coefficient (Wildman–Crippen LogP) is 6.53. The standard InChI is InChI=1S/C30H26ClNO6/c1-37-30(38-2,15-14-21-17-22(28(33)34)9-13-26(21)29(35)36)23-5-3-4-19(16-23)6-11-25-12-8-20-7-10-24(31)18-27(20)32-25/h3-13,16-18H,14-15H2,1-2H3,(H,33,34)(H,35,36)/b11-6+. The number of aromatic nitrogens is 1. The average molecular weight is 532 g/mol. The second-order valence-corrected chi connectivity index (χ2v) is 9.11. The summed E-state index contributed by atoms with van der Waals surface area (Å²) in [4.78, 5) is 27.8. The molecule has 0 fully saturated rings. The Kier molecular flexibility index (Phi) is 8.22. The van der Waals surface area contributed by atoms with E-state index in [1.807, 2.05) is 66.7 Å². The highest BCUT2D eigenvalue weighted by Crippen LogP contribution is 2.33. The molecule has 0 saturated heterocycles. The van der Waals surface area contributed by atoms with Gasteiger partial charge in [0.2, 0.25) is 0 Å². The molecule has 38 heavy (non-hydrogen) atoms. The lowest BCUT2D eigenvalue weighted by molar-refractivity contribution is -0.219. The Morgan fingerprint density at radius 1 is 0.921 bits per heavy atom. The molecule has 1 aromatic heterocycles. The van der Waals surface area contributed by atoms with Gasteiger partial charge in [-0.05, 0) is 66.1 Å². The van der Waals surface area contributed by atoms with Crippen LogP contribution in [0.2, 0.25) is 5.02 Å². The van der Waals surface area contributed by atoms with Crippen LogP contribution in [0.5, 0.6) is 0 Å². The van der Waals surface area contributed by atoms with Crippen LogP contribution >= 0.6 is 11.6 Å². The number of carbonyl (C=O) groups is 2. The third-order valence-corrected chi connectivity index (χ3v) is 6.65. The van der Waals surface area contributed by atoms with Gasteiger partial charge in [0, 0.05) is 36.6 Å². The van der Waals surface area contributed by atoms with Crippen molar-refractivity contribution in [1.82, 2.24) is 4.98 Å². The molecule has 8 heteroatoms. The number of hydrogen-bond acceptors (Lipinski definition) is 5. The summed E-state index contributed by atoms with van der Waals surface area (Å²) in [6.45, 7) is 0. The molecule has 3 aromatic carbocycles. The summed E-state index contributed by atoms with van der Waals surface area (Å²) < 4.78 is 11.6. The Labute approximate surface area is 224 Å². The first-order valence-corrected chi connectivity index (χ1v) is 12.2. The molecule has 4 rings (SSSR count). The van der Waals surface area contributed by atoms with E-state index in [1.165, 1.54) is 32.4 Å². The smallest absolute Gasteiger partial charge is 0.335 e. The van der Waals surface area contributed by atoms with Gasteiger partial charge in [0.15, 0.2) is 5.79 Å². The van der Waals surface area contributed by atoms with E-state index in [-0.39, 0.29) is 24.0 Å². The molecule has 2 N–H and O–H groups in total. The van der Waals surface area contributed by atoms with Crippen LogP contribution in [0, 0.1) is 0 Å². The van der Waals surface area contributed by atoms with Crippen LogP contribution in [0.3, 0.4) is 0 Å². The number of fused-ring (bicyclic) bond motifs is 1. The molecule has 0 bridgehead atoms. The topological polar surface area (TPSA) is 106 Å². The molecule has 0 radical (unpaired) electrons. The molecule has 1 heterocycles. The molecule has 0 atom stereocenters. The van der Waals surface area contributed by atoms with Crippen molar-refractivity contribution in [1.29, 1.82) is 0 Å². The van der Waals surface area contributed by atoms with Crippen molar-refractivity contribution in [2.45, 2.75) is 18.6 Å². The largest absolute Gasteiger partial charge is 0.478 e. The van der Waals surface area contributed by atoms with Crippen LogP contribution in [0.25, 0.3) is 23.1 Å². The quantitative estimate of drug-likeness (QED) is 0.224. The lowest BCUT2D eigenvalue weighted by atomic mass is 9.93. The van der Waals surface area contributed by atoms with E-state index in [4.69, 9.17) is 21.1 Å². The van der Waals surface area contributed by atoms with E-state index >= 15 is 0 Å². The maximum Gasteiger partial charge on any atom is 0.335 e. The van der Waals surface area contributed by atoms with Crippen LogP contribution in [0.15, 0.2) is 72.8 Å². The molecular weight excluding hydrogens is 506 g/mol. The van der Waals surface area contributed by atoms with Crippen LogP contribution in [0.1, 0.15) is 49.5 Å². The van der Waals surface area contributed by atoms with E-state index in [9.17, 15) is 19.8 Å². The van der Waals surface area contributed by atoms with Crippen LogP contribution < -0.4 is 0 Å². The number of hydrogen-bond donors (Lipinski definition) is 2. The van der Waals surface area contributed by atoms with E-state index < -0.39 is 17.7 Å². The number of carboxylic acid groups (broad SMARTS) is 2. The number of carboxylic acids is 2. The van der Waals surface area contributed by atoms with Crippen molar-refractivity contribution in [2.75, 3.05) is 14.2 Å². The minimum absolute atomic E-state index is 0.0159. The Morgan fingerprint density at radius 2 is 1.68 bits per heavy atom. The zero-order valence-corrected chi connectivity index (χ0v) is 21.6. The van der Waals surface area contributed by atoms with Gasteiger partial charge in [-0.2, -0.15) is 0 Å². The molecule has 0 amide bonds. The fourth-order valence-electron chi connectivity index (χ4n) is 4.37. The minimum Gasteiger partial charge on any atom is -0.478 e. The molecule has 0 aliphatic heterocycles.